The van der Waals surface area contributed by atoms with Crippen LogP contribution >= 0.6 is 11.6 Å². The molecule has 0 fully saturated rings. The van der Waals surface area contributed by atoms with Crippen molar-refractivity contribution in [3.8, 4) is 5.75 Å². The van der Waals surface area contributed by atoms with Gasteiger partial charge in [-0.05, 0) is 73.7 Å². The van der Waals surface area contributed by atoms with Gasteiger partial charge in [-0.2, -0.15) is 0 Å². The van der Waals surface area contributed by atoms with Gasteiger partial charge in [-0.3, -0.25) is 4.79 Å². The summed E-state index contributed by atoms with van der Waals surface area (Å²) in [5.41, 5.74) is 4.19. The number of carbonyl (C=O) groups is 1. The van der Waals surface area contributed by atoms with E-state index in [0.29, 0.717) is 13.2 Å². The molecule has 3 aromatic carbocycles. The first-order valence-electron chi connectivity index (χ1n) is 12.4. The van der Waals surface area contributed by atoms with Gasteiger partial charge in [0.25, 0.3) is 0 Å². The highest BCUT2D eigenvalue weighted by molar-refractivity contribution is 6.31. The van der Waals surface area contributed by atoms with Crippen LogP contribution in [-0.4, -0.2) is 28.6 Å². The molecule has 0 bridgehead atoms. The van der Waals surface area contributed by atoms with Crippen LogP contribution in [0.3, 0.4) is 0 Å². The van der Waals surface area contributed by atoms with E-state index in [1.165, 1.54) is 0 Å². The van der Waals surface area contributed by atoms with E-state index in [1.54, 1.807) is 6.08 Å². The third-order valence-electron chi connectivity index (χ3n) is 6.01. The van der Waals surface area contributed by atoms with Crippen LogP contribution in [0.4, 0.5) is 0 Å². The summed E-state index contributed by atoms with van der Waals surface area (Å²) >= 11 is 6.09. The second-order valence-electron chi connectivity index (χ2n) is 8.77. The Kier molecular flexibility index (Phi) is 9.17. The third-order valence-corrected chi connectivity index (χ3v) is 6.44. The standard InChI is InChI=1S/C30H32ClN3O2/c1-23-22-25(16-17-26(23)31)36-21-8-7-20-34-28-13-6-5-12-27(28)33-29(34)14-9-19-32-30(35)18-15-24-10-3-2-4-11-24/h2-6,10-13,15-18,22H,7-9,14,19-21H2,1H3,(H,32,35)/b18-15+. The number of rotatable bonds is 12. The monoisotopic (exact) mass is 501 g/mol. The Hall–Kier alpha value is -3.57. The molecule has 4 rings (SSSR count). The zero-order valence-corrected chi connectivity index (χ0v) is 21.4. The fourth-order valence-corrected chi connectivity index (χ4v) is 4.21. The van der Waals surface area contributed by atoms with Crippen LogP contribution in [0, 0.1) is 6.92 Å². The maximum Gasteiger partial charge on any atom is 0.243 e. The highest BCUT2D eigenvalue weighted by Crippen LogP contribution is 2.22. The summed E-state index contributed by atoms with van der Waals surface area (Å²) in [6.07, 6.45) is 6.97. The average molecular weight is 502 g/mol. The molecule has 5 nitrogen and oxygen atoms in total. The molecular weight excluding hydrogens is 470 g/mol. The summed E-state index contributed by atoms with van der Waals surface area (Å²) in [7, 11) is 0. The molecule has 4 aromatic rings. The Labute approximate surface area is 217 Å². The van der Waals surface area contributed by atoms with Crippen LogP contribution in [-0.2, 0) is 17.8 Å². The molecular formula is C30H32ClN3O2. The largest absolute Gasteiger partial charge is 0.494 e. The number of amides is 1. The number of benzene rings is 3. The van der Waals surface area contributed by atoms with Gasteiger partial charge in [-0.25, -0.2) is 4.98 Å². The fraction of sp³-hybridized carbons (Fsp3) is 0.267. The Bertz CT molecular complexity index is 1310. The molecule has 1 aromatic heterocycles. The van der Waals surface area contributed by atoms with Gasteiger partial charge in [0, 0.05) is 30.6 Å². The number of aryl methyl sites for hydroxylation is 3. The first kappa shape index (κ1) is 25.5. The highest BCUT2D eigenvalue weighted by Gasteiger charge is 2.10. The highest BCUT2D eigenvalue weighted by atomic mass is 35.5. The Morgan fingerprint density at radius 2 is 1.83 bits per heavy atom. The number of imidazole rings is 1. The minimum Gasteiger partial charge on any atom is -0.494 e. The number of carbonyl (C=O) groups excluding carboxylic acids is 1. The van der Waals surface area contributed by atoms with Gasteiger partial charge in [0.1, 0.15) is 11.6 Å². The van der Waals surface area contributed by atoms with Crippen molar-refractivity contribution in [3.05, 3.63) is 101 Å². The lowest BCUT2D eigenvalue weighted by Crippen LogP contribution is -2.22. The van der Waals surface area contributed by atoms with Gasteiger partial charge >= 0.3 is 0 Å². The van der Waals surface area contributed by atoms with E-state index in [9.17, 15) is 4.79 Å². The lowest BCUT2D eigenvalue weighted by molar-refractivity contribution is -0.116. The van der Waals surface area contributed by atoms with Gasteiger partial charge in [0.2, 0.25) is 5.91 Å². The molecule has 1 amide bonds. The molecule has 0 saturated carbocycles. The summed E-state index contributed by atoms with van der Waals surface area (Å²) in [5, 5.41) is 3.73. The number of unbranched alkanes of at least 4 members (excludes halogenated alkanes) is 1. The number of halogens is 1. The van der Waals surface area contributed by atoms with Crippen LogP contribution in [0.25, 0.3) is 17.1 Å². The summed E-state index contributed by atoms with van der Waals surface area (Å²) in [4.78, 5) is 17.0. The van der Waals surface area contributed by atoms with Crippen LogP contribution in [0.2, 0.25) is 5.02 Å². The number of nitrogens with zero attached hydrogens (tertiary/aromatic N) is 2. The van der Waals surface area contributed by atoms with Gasteiger partial charge in [0.15, 0.2) is 0 Å². The number of fused-ring (bicyclic) bond motifs is 1. The average Bonchev–Trinajstić information content (AvgIpc) is 3.25. The van der Waals surface area contributed by atoms with E-state index in [0.717, 1.165) is 71.0 Å². The summed E-state index contributed by atoms with van der Waals surface area (Å²) in [6, 6.07) is 23.8. The predicted octanol–water partition coefficient (Wildman–Crippen LogP) is 6.62. The van der Waals surface area contributed by atoms with E-state index >= 15 is 0 Å². The van der Waals surface area contributed by atoms with Crippen molar-refractivity contribution in [1.82, 2.24) is 14.9 Å². The lowest BCUT2D eigenvalue weighted by atomic mass is 10.2. The molecule has 0 aliphatic rings. The van der Waals surface area contributed by atoms with E-state index in [2.05, 4.69) is 28.1 Å². The van der Waals surface area contributed by atoms with E-state index in [4.69, 9.17) is 21.3 Å². The van der Waals surface area contributed by atoms with Crippen molar-refractivity contribution in [1.29, 1.82) is 0 Å². The molecule has 1 N–H and O–H groups in total. The number of aromatic nitrogens is 2. The maximum absolute atomic E-state index is 12.1. The molecule has 0 radical (unpaired) electrons. The first-order chi connectivity index (χ1) is 17.6. The Morgan fingerprint density at radius 1 is 1.03 bits per heavy atom. The number of para-hydroxylation sites is 2. The molecule has 0 atom stereocenters. The molecule has 0 spiro atoms. The SMILES string of the molecule is Cc1cc(OCCCCn2c(CCCNC(=O)/C=C/c3ccccc3)nc3ccccc32)ccc1Cl. The van der Waals surface area contributed by atoms with Gasteiger partial charge in [-0.15, -0.1) is 0 Å². The molecule has 0 unspecified atom stereocenters. The predicted molar refractivity (Wildman–Crippen MR) is 147 cm³/mol. The van der Waals surface area contributed by atoms with E-state index < -0.39 is 0 Å². The Morgan fingerprint density at radius 3 is 2.67 bits per heavy atom. The normalized spacial score (nSPS) is 11.3. The van der Waals surface area contributed by atoms with Gasteiger partial charge < -0.3 is 14.6 Å². The number of nitrogens with one attached hydrogen (secondary N) is 1. The molecule has 186 valence electrons. The van der Waals surface area contributed by atoms with E-state index in [1.807, 2.05) is 67.6 Å². The molecule has 0 saturated heterocycles. The van der Waals surface area contributed by atoms with Crippen LogP contribution < -0.4 is 10.1 Å². The van der Waals surface area contributed by atoms with Crippen molar-refractivity contribution in [2.75, 3.05) is 13.2 Å². The number of hydrogen-bond acceptors (Lipinski definition) is 3. The molecule has 6 heteroatoms. The lowest BCUT2D eigenvalue weighted by Gasteiger charge is -2.11. The zero-order valence-electron chi connectivity index (χ0n) is 20.6. The topological polar surface area (TPSA) is 56.1 Å². The summed E-state index contributed by atoms with van der Waals surface area (Å²) < 4.78 is 8.20. The number of ether oxygens (including phenoxy) is 1. The summed E-state index contributed by atoms with van der Waals surface area (Å²) in [5.74, 6) is 1.83. The zero-order chi connectivity index (χ0) is 25.2. The smallest absolute Gasteiger partial charge is 0.243 e. The first-order valence-corrected chi connectivity index (χ1v) is 12.8. The van der Waals surface area contributed by atoms with Crippen LogP contribution in [0.1, 0.15) is 36.2 Å². The fourth-order valence-electron chi connectivity index (χ4n) is 4.09. The van der Waals surface area contributed by atoms with Crippen LogP contribution in [0.15, 0.2) is 78.9 Å². The third kappa shape index (κ3) is 7.22. The molecule has 1 heterocycles. The van der Waals surface area contributed by atoms with Crippen LogP contribution in [0.5, 0.6) is 5.75 Å². The Balaban J connectivity index is 1.26. The van der Waals surface area contributed by atoms with Crippen molar-refractivity contribution < 1.29 is 9.53 Å². The summed E-state index contributed by atoms with van der Waals surface area (Å²) in [6.45, 7) is 4.12. The second kappa shape index (κ2) is 12.9. The van der Waals surface area contributed by atoms with Crippen molar-refractivity contribution in [2.24, 2.45) is 0 Å². The quantitative estimate of drug-likeness (QED) is 0.175. The van der Waals surface area contributed by atoms with Crippen molar-refractivity contribution in [2.45, 2.75) is 39.2 Å². The molecule has 0 aliphatic heterocycles. The minimum absolute atomic E-state index is 0.0803. The van der Waals surface area contributed by atoms with Crippen molar-refractivity contribution in [3.63, 3.8) is 0 Å². The van der Waals surface area contributed by atoms with Gasteiger partial charge in [0.05, 0.1) is 17.6 Å². The molecule has 36 heavy (non-hydrogen) atoms. The number of hydrogen-bond donors (Lipinski definition) is 1. The van der Waals surface area contributed by atoms with Crippen molar-refractivity contribution >= 4 is 34.6 Å². The second-order valence-corrected chi connectivity index (χ2v) is 9.18. The van der Waals surface area contributed by atoms with E-state index in [-0.39, 0.29) is 5.91 Å². The molecule has 0 aliphatic carbocycles. The minimum atomic E-state index is -0.0803. The van der Waals surface area contributed by atoms with Gasteiger partial charge in [-0.1, -0.05) is 54.1 Å². The maximum atomic E-state index is 12.1.